The third-order valence-electron chi connectivity index (χ3n) is 2.99. The summed E-state index contributed by atoms with van der Waals surface area (Å²) in [6, 6.07) is 18.2. The van der Waals surface area contributed by atoms with Crippen molar-refractivity contribution < 1.29 is 9.84 Å². The van der Waals surface area contributed by atoms with Crippen LogP contribution in [0, 0.1) is 0 Å². The first-order valence-corrected chi connectivity index (χ1v) is 6.96. The van der Waals surface area contributed by atoms with Crippen LogP contribution in [0.15, 0.2) is 54.6 Å². The lowest BCUT2D eigenvalue weighted by Crippen LogP contribution is -2.15. The van der Waals surface area contributed by atoms with Gasteiger partial charge in [0.25, 0.3) is 0 Å². The number of hydrogen-bond donors (Lipinski definition) is 2. The molecule has 0 saturated carbocycles. The molecule has 0 aliphatic carbocycles. The molecule has 0 amide bonds. The molecular weight excluding hydrogens is 250 g/mol. The number of benzene rings is 2. The van der Waals surface area contributed by atoms with Gasteiger partial charge >= 0.3 is 0 Å². The Bertz CT molecular complexity index is 499. The summed E-state index contributed by atoms with van der Waals surface area (Å²) in [5.74, 6) is 0.885. The quantitative estimate of drug-likeness (QED) is 0.725. The fourth-order valence-corrected chi connectivity index (χ4v) is 1.92. The molecule has 0 aliphatic rings. The Hall–Kier alpha value is -1.84. The van der Waals surface area contributed by atoms with Gasteiger partial charge < -0.3 is 15.2 Å². The van der Waals surface area contributed by atoms with Crippen molar-refractivity contribution in [3.63, 3.8) is 0 Å². The van der Waals surface area contributed by atoms with Gasteiger partial charge in [-0.3, -0.25) is 0 Å². The first-order chi connectivity index (χ1) is 9.88. The molecule has 0 bridgehead atoms. The van der Waals surface area contributed by atoms with Crippen LogP contribution in [0.3, 0.4) is 0 Å². The number of hydrogen-bond acceptors (Lipinski definition) is 3. The molecule has 0 aliphatic heterocycles. The lowest BCUT2D eigenvalue weighted by atomic mass is 10.2. The Morgan fingerprint density at radius 3 is 2.55 bits per heavy atom. The third kappa shape index (κ3) is 5.03. The summed E-state index contributed by atoms with van der Waals surface area (Å²) in [6.07, 6.45) is 0.782. The van der Waals surface area contributed by atoms with Gasteiger partial charge in [-0.05, 0) is 36.2 Å². The molecule has 20 heavy (non-hydrogen) atoms. The monoisotopic (exact) mass is 271 g/mol. The summed E-state index contributed by atoms with van der Waals surface area (Å²) in [7, 11) is 0. The van der Waals surface area contributed by atoms with Gasteiger partial charge in [0.05, 0.1) is 0 Å². The normalized spacial score (nSPS) is 10.4. The van der Waals surface area contributed by atoms with E-state index in [2.05, 4.69) is 29.6 Å². The van der Waals surface area contributed by atoms with E-state index in [4.69, 9.17) is 9.84 Å². The molecule has 0 atom stereocenters. The number of aliphatic hydroxyl groups excluding tert-OH is 1. The van der Waals surface area contributed by atoms with Crippen LogP contribution < -0.4 is 10.1 Å². The van der Waals surface area contributed by atoms with Crippen LogP contribution in [-0.2, 0) is 13.2 Å². The van der Waals surface area contributed by atoms with Crippen LogP contribution in [0.25, 0.3) is 0 Å². The molecule has 0 radical (unpaired) electrons. The highest BCUT2D eigenvalue weighted by Crippen LogP contribution is 2.15. The Labute approximate surface area is 120 Å². The van der Waals surface area contributed by atoms with Crippen LogP contribution >= 0.6 is 0 Å². The standard InChI is InChI=1S/C17H21NO2/c19-11-5-10-18-13-16-8-4-9-17(12-16)20-14-15-6-2-1-3-7-15/h1-4,6-9,12,18-19H,5,10-11,13-14H2. The van der Waals surface area contributed by atoms with Crippen molar-refractivity contribution in [2.24, 2.45) is 0 Å². The van der Waals surface area contributed by atoms with Crippen molar-refractivity contribution in [3.05, 3.63) is 65.7 Å². The molecule has 106 valence electrons. The average molecular weight is 271 g/mol. The maximum Gasteiger partial charge on any atom is 0.120 e. The summed E-state index contributed by atoms with van der Waals surface area (Å²) in [6.45, 7) is 2.43. The lowest BCUT2D eigenvalue weighted by Gasteiger charge is -2.09. The van der Waals surface area contributed by atoms with Crippen LogP contribution in [0.1, 0.15) is 17.5 Å². The summed E-state index contributed by atoms with van der Waals surface area (Å²) >= 11 is 0. The van der Waals surface area contributed by atoms with E-state index < -0.39 is 0 Å². The molecule has 3 nitrogen and oxygen atoms in total. The highest BCUT2D eigenvalue weighted by atomic mass is 16.5. The molecule has 0 spiro atoms. The van der Waals surface area contributed by atoms with Gasteiger partial charge in [-0.1, -0.05) is 42.5 Å². The SMILES string of the molecule is OCCCNCc1cccc(OCc2ccccc2)c1. The number of aliphatic hydroxyl groups is 1. The summed E-state index contributed by atoms with van der Waals surface area (Å²) in [4.78, 5) is 0. The topological polar surface area (TPSA) is 41.5 Å². The van der Waals surface area contributed by atoms with Crippen molar-refractivity contribution in [3.8, 4) is 5.75 Å². The zero-order chi connectivity index (χ0) is 14.0. The molecule has 0 saturated heterocycles. The van der Waals surface area contributed by atoms with Crippen LogP contribution in [0.2, 0.25) is 0 Å². The second kappa shape index (κ2) is 8.35. The van der Waals surface area contributed by atoms with Gasteiger partial charge in [0.15, 0.2) is 0 Å². The van der Waals surface area contributed by atoms with Crippen molar-refractivity contribution in [2.75, 3.05) is 13.2 Å². The average Bonchev–Trinajstić information content (AvgIpc) is 2.51. The number of rotatable bonds is 8. The number of ether oxygens (including phenoxy) is 1. The van der Waals surface area contributed by atoms with Crippen molar-refractivity contribution >= 4 is 0 Å². The Morgan fingerprint density at radius 2 is 1.75 bits per heavy atom. The van der Waals surface area contributed by atoms with Gasteiger partial charge in [-0.15, -0.1) is 0 Å². The highest BCUT2D eigenvalue weighted by molar-refractivity contribution is 5.29. The largest absolute Gasteiger partial charge is 0.489 e. The van der Waals surface area contributed by atoms with E-state index in [0.29, 0.717) is 6.61 Å². The third-order valence-corrected chi connectivity index (χ3v) is 2.99. The van der Waals surface area contributed by atoms with Gasteiger partial charge in [-0.2, -0.15) is 0 Å². The zero-order valence-corrected chi connectivity index (χ0v) is 11.6. The molecule has 0 unspecified atom stereocenters. The van der Waals surface area contributed by atoms with Gasteiger partial charge in [0, 0.05) is 13.2 Å². The molecular formula is C17H21NO2. The molecule has 2 rings (SSSR count). The Kier molecular flexibility index (Phi) is 6.08. The van der Waals surface area contributed by atoms with E-state index in [1.165, 1.54) is 11.1 Å². The molecule has 0 fully saturated rings. The fraction of sp³-hybridized carbons (Fsp3) is 0.294. The van der Waals surface area contributed by atoms with Gasteiger partial charge in [0.1, 0.15) is 12.4 Å². The summed E-state index contributed by atoms with van der Waals surface area (Å²) < 4.78 is 5.79. The molecule has 2 N–H and O–H groups in total. The van der Waals surface area contributed by atoms with Crippen molar-refractivity contribution in [1.29, 1.82) is 0 Å². The van der Waals surface area contributed by atoms with Gasteiger partial charge in [-0.25, -0.2) is 0 Å². The Morgan fingerprint density at radius 1 is 0.950 bits per heavy atom. The maximum absolute atomic E-state index is 8.73. The molecule has 2 aromatic rings. The van der Waals surface area contributed by atoms with E-state index in [-0.39, 0.29) is 6.61 Å². The van der Waals surface area contributed by atoms with E-state index in [1.54, 1.807) is 0 Å². The fourth-order valence-electron chi connectivity index (χ4n) is 1.92. The predicted octanol–water partition coefficient (Wildman–Crippen LogP) is 2.74. The van der Waals surface area contributed by atoms with Crippen molar-refractivity contribution in [2.45, 2.75) is 19.6 Å². The Balaban J connectivity index is 1.83. The second-order valence-corrected chi connectivity index (χ2v) is 4.68. The second-order valence-electron chi connectivity index (χ2n) is 4.68. The van der Waals surface area contributed by atoms with Crippen molar-refractivity contribution in [1.82, 2.24) is 5.32 Å². The van der Waals surface area contributed by atoms with E-state index in [0.717, 1.165) is 25.3 Å². The maximum atomic E-state index is 8.73. The first-order valence-electron chi connectivity index (χ1n) is 6.96. The van der Waals surface area contributed by atoms with Crippen LogP contribution in [0.5, 0.6) is 5.75 Å². The summed E-state index contributed by atoms with van der Waals surface area (Å²) in [5.41, 5.74) is 2.35. The molecule has 3 heteroatoms. The predicted molar refractivity (Wildman–Crippen MR) is 80.6 cm³/mol. The lowest BCUT2D eigenvalue weighted by molar-refractivity contribution is 0.286. The number of nitrogens with one attached hydrogen (secondary N) is 1. The smallest absolute Gasteiger partial charge is 0.120 e. The minimum atomic E-state index is 0.229. The van der Waals surface area contributed by atoms with Crippen LogP contribution in [-0.4, -0.2) is 18.3 Å². The van der Waals surface area contributed by atoms with Gasteiger partial charge in [0.2, 0.25) is 0 Å². The van der Waals surface area contributed by atoms with Crippen LogP contribution in [0.4, 0.5) is 0 Å². The van der Waals surface area contributed by atoms with E-state index in [9.17, 15) is 0 Å². The van der Waals surface area contributed by atoms with E-state index in [1.807, 2.05) is 30.3 Å². The van der Waals surface area contributed by atoms with E-state index >= 15 is 0 Å². The zero-order valence-electron chi connectivity index (χ0n) is 11.6. The minimum absolute atomic E-state index is 0.229. The molecule has 2 aromatic carbocycles. The molecule has 0 heterocycles. The minimum Gasteiger partial charge on any atom is -0.489 e. The highest BCUT2D eigenvalue weighted by Gasteiger charge is 1.98. The molecule has 0 aromatic heterocycles. The summed E-state index contributed by atoms with van der Waals surface area (Å²) in [5, 5.41) is 12.0. The first kappa shape index (κ1) is 14.6.